The third-order valence-corrected chi connectivity index (χ3v) is 7.06. The molecule has 0 bridgehead atoms. The predicted octanol–water partition coefficient (Wildman–Crippen LogP) is 3.95. The number of anilines is 3. The summed E-state index contributed by atoms with van der Waals surface area (Å²) in [5, 5.41) is 34.1. The minimum atomic E-state index is -4.93. The van der Waals surface area contributed by atoms with Crippen LogP contribution in [0.4, 0.5) is 31.7 Å². The minimum Gasteiger partial charge on any atom is -0.504 e. The molecule has 0 aliphatic rings. The van der Waals surface area contributed by atoms with E-state index in [0.29, 0.717) is 6.07 Å². The molecule has 4 rings (SSSR count). The summed E-state index contributed by atoms with van der Waals surface area (Å²) >= 11 is 0. The second-order valence-electron chi connectivity index (χ2n) is 8.38. The van der Waals surface area contributed by atoms with Crippen molar-refractivity contribution in [3.05, 3.63) is 89.9 Å². The molecule has 0 saturated carbocycles. The van der Waals surface area contributed by atoms with Crippen LogP contribution in [0.25, 0.3) is 0 Å². The van der Waals surface area contributed by atoms with E-state index in [9.17, 15) is 49.7 Å². The van der Waals surface area contributed by atoms with Gasteiger partial charge >= 0.3 is 12.0 Å². The Morgan fingerprint density at radius 2 is 1.50 bits per heavy atom. The van der Waals surface area contributed by atoms with Gasteiger partial charge in [0, 0.05) is 11.6 Å². The van der Waals surface area contributed by atoms with E-state index in [4.69, 9.17) is 0 Å². The van der Waals surface area contributed by atoms with Crippen LogP contribution in [0.15, 0.2) is 91.9 Å². The smallest absolute Gasteiger partial charge is 0.337 e. The average Bonchev–Trinajstić information content (AvgIpc) is 2.93. The molecular formula is C24H17F2N7O9S2. The molecule has 1 aromatic heterocycles. The number of nitrogens with zero attached hydrogens (tertiary/aromatic N) is 5. The Kier molecular flexibility index (Phi) is 8.90. The summed E-state index contributed by atoms with van der Waals surface area (Å²) in [4.78, 5) is 16.3. The van der Waals surface area contributed by atoms with Crippen molar-refractivity contribution in [2.24, 2.45) is 15.3 Å². The Morgan fingerprint density at radius 1 is 0.841 bits per heavy atom. The SMILES string of the molecule is O=C(O)c1ccc(S(=O)(=O)O)cc1N=N/C(=N/Nc1cc(S(=O)(=O)O)cc(Nc2cc(F)nc(F)n2)c1O)c1ccccc1. The number of hydrazone groups is 1. The maximum Gasteiger partial charge on any atom is 0.337 e. The summed E-state index contributed by atoms with van der Waals surface area (Å²) in [5.41, 5.74) is 0.546. The fourth-order valence-corrected chi connectivity index (χ4v) is 4.45. The van der Waals surface area contributed by atoms with E-state index < -0.39 is 82.2 Å². The first-order valence-electron chi connectivity index (χ1n) is 11.6. The van der Waals surface area contributed by atoms with Crippen molar-refractivity contribution in [2.45, 2.75) is 9.79 Å². The van der Waals surface area contributed by atoms with Gasteiger partial charge in [0.05, 0.1) is 21.0 Å². The number of halogens is 2. The Morgan fingerprint density at radius 3 is 2.11 bits per heavy atom. The van der Waals surface area contributed by atoms with Gasteiger partial charge in [0.15, 0.2) is 5.75 Å². The van der Waals surface area contributed by atoms with E-state index in [1.807, 2.05) is 0 Å². The molecule has 6 N–H and O–H groups in total. The van der Waals surface area contributed by atoms with Gasteiger partial charge in [0.1, 0.15) is 17.2 Å². The van der Waals surface area contributed by atoms with Gasteiger partial charge in [-0.1, -0.05) is 30.3 Å². The molecule has 0 spiro atoms. The van der Waals surface area contributed by atoms with Gasteiger partial charge in [0.25, 0.3) is 20.2 Å². The Labute approximate surface area is 246 Å². The van der Waals surface area contributed by atoms with E-state index >= 15 is 0 Å². The second kappa shape index (κ2) is 12.4. The highest BCUT2D eigenvalue weighted by molar-refractivity contribution is 7.86. The number of amidine groups is 1. The largest absolute Gasteiger partial charge is 0.504 e. The highest BCUT2D eigenvalue weighted by Crippen LogP contribution is 2.37. The molecule has 0 amide bonds. The number of carboxylic acid groups (broad SMARTS) is 1. The number of carbonyl (C=O) groups is 1. The maximum absolute atomic E-state index is 13.5. The van der Waals surface area contributed by atoms with Crippen molar-refractivity contribution in [3.8, 4) is 5.75 Å². The Hall–Kier alpha value is -5.44. The van der Waals surface area contributed by atoms with Crippen molar-refractivity contribution in [1.29, 1.82) is 0 Å². The van der Waals surface area contributed by atoms with E-state index in [0.717, 1.165) is 30.3 Å². The average molecular weight is 650 g/mol. The summed E-state index contributed by atoms with van der Waals surface area (Å²) in [7, 11) is -9.67. The zero-order valence-electron chi connectivity index (χ0n) is 21.5. The van der Waals surface area contributed by atoms with Gasteiger partial charge in [-0.05, 0) is 30.3 Å². The monoisotopic (exact) mass is 649 g/mol. The van der Waals surface area contributed by atoms with Crippen molar-refractivity contribution >= 4 is 54.9 Å². The third-order valence-electron chi connectivity index (χ3n) is 5.38. The summed E-state index contributed by atoms with van der Waals surface area (Å²) < 4.78 is 92.9. The molecule has 0 aliphatic heterocycles. The van der Waals surface area contributed by atoms with E-state index in [1.165, 1.54) is 12.1 Å². The summed E-state index contributed by atoms with van der Waals surface area (Å²) in [6.07, 6.45) is -1.48. The number of aromatic nitrogens is 2. The van der Waals surface area contributed by atoms with Gasteiger partial charge in [-0.15, -0.1) is 10.2 Å². The standard InChI is InChI=1S/C24H17F2N7O9S2/c25-19-11-20(29-24(26)28-19)27-17-9-14(44(40,41)42)10-18(21(17)34)31-33-22(12-4-2-1-3-5-12)32-30-16-8-13(43(37,38)39)6-7-15(16)23(35)36/h1-11,31,34H,(H,35,36)(H,27,28,29)(H,37,38,39)(H,40,41,42)/b32-30?,33-22+. The number of aromatic hydroxyl groups is 1. The van der Waals surface area contributed by atoms with Crippen LogP contribution in [-0.2, 0) is 20.2 Å². The second-order valence-corrected chi connectivity index (χ2v) is 11.2. The number of benzene rings is 3. The van der Waals surface area contributed by atoms with Crippen molar-refractivity contribution in [3.63, 3.8) is 0 Å². The number of rotatable bonds is 9. The third kappa shape index (κ3) is 7.69. The van der Waals surface area contributed by atoms with E-state index in [1.54, 1.807) is 18.2 Å². The first-order chi connectivity index (χ1) is 20.6. The fraction of sp³-hybridized carbons (Fsp3) is 0. The van der Waals surface area contributed by atoms with Gasteiger partial charge < -0.3 is 15.5 Å². The molecule has 1 heterocycles. The molecule has 44 heavy (non-hydrogen) atoms. The number of aromatic carboxylic acids is 1. The van der Waals surface area contributed by atoms with Crippen LogP contribution in [-0.4, -0.2) is 57.9 Å². The van der Waals surface area contributed by atoms with Gasteiger partial charge in [-0.3, -0.25) is 14.5 Å². The van der Waals surface area contributed by atoms with Crippen molar-refractivity contribution < 1.29 is 49.7 Å². The summed E-state index contributed by atoms with van der Waals surface area (Å²) in [5.74, 6) is -4.44. The molecule has 16 nitrogen and oxygen atoms in total. The maximum atomic E-state index is 13.5. The number of nitrogens with one attached hydrogen (secondary N) is 2. The molecule has 4 aromatic rings. The van der Waals surface area contributed by atoms with Crippen LogP contribution >= 0.6 is 0 Å². The van der Waals surface area contributed by atoms with Crippen molar-refractivity contribution in [2.75, 3.05) is 10.7 Å². The van der Waals surface area contributed by atoms with Crippen molar-refractivity contribution in [1.82, 2.24) is 9.97 Å². The number of hydrogen-bond acceptors (Lipinski definition) is 12. The molecule has 0 radical (unpaired) electrons. The lowest BCUT2D eigenvalue weighted by atomic mass is 10.2. The predicted molar refractivity (Wildman–Crippen MR) is 147 cm³/mol. The molecule has 0 saturated heterocycles. The number of hydrogen-bond donors (Lipinski definition) is 6. The fourth-order valence-electron chi connectivity index (χ4n) is 3.41. The van der Waals surface area contributed by atoms with Gasteiger partial charge in [0.2, 0.25) is 11.8 Å². The van der Waals surface area contributed by atoms with Crippen LogP contribution < -0.4 is 10.7 Å². The number of carboxylic acids is 1. The molecule has 228 valence electrons. The van der Waals surface area contributed by atoms with Crippen LogP contribution in [0, 0.1) is 12.0 Å². The van der Waals surface area contributed by atoms with Gasteiger partial charge in [-0.2, -0.15) is 40.7 Å². The highest BCUT2D eigenvalue weighted by Gasteiger charge is 2.20. The minimum absolute atomic E-state index is 0.224. The number of phenolic OH excluding ortho intramolecular Hbond substituents is 1. The molecule has 0 aliphatic carbocycles. The quantitative estimate of drug-likeness (QED) is 0.0220. The van der Waals surface area contributed by atoms with Crippen LogP contribution in [0.2, 0.25) is 0 Å². The Balaban J connectivity index is 1.81. The van der Waals surface area contributed by atoms with Crippen LogP contribution in [0.3, 0.4) is 0 Å². The lowest BCUT2D eigenvalue weighted by Gasteiger charge is -2.13. The topological polar surface area (TPSA) is 253 Å². The molecule has 20 heteroatoms. The number of phenols is 1. The molecule has 0 atom stereocenters. The lowest BCUT2D eigenvalue weighted by Crippen LogP contribution is -2.06. The van der Waals surface area contributed by atoms with Crippen LogP contribution in [0.1, 0.15) is 15.9 Å². The first kappa shape index (κ1) is 31.5. The zero-order valence-corrected chi connectivity index (χ0v) is 23.1. The van der Waals surface area contributed by atoms with Crippen LogP contribution in [0.5, 0.6) is 5.75 Å². The molecule has 3 aromatic carbocycles. The van der Waals surface area contributed by atoms with E-state index in [-0.39, 0.29) is 11.4 Å². The normalized spacial score (nSPS) is 12.3. The highest BCUT2D eigenvalue weighted by atomic mass is 32.2. The first-order valence-corrected chi connectivity index (χ1v) is 14.5. The summed E-state index contributed by atoms with van der Waals surface area (Å²) in [6.45, 7) is 0. The zero-order chi connectivity index (χ0) is 32.2. The lowest BCUT2D eigenvalue weighted by molar-refractivity contribution is 0.0697. The number of azo groups is 1. The molecule has 0 fully saturated rings. The van der Waals surface area contributed by atoms with E-state index in [2.05, 4.69) is 36.0 Å². The molecule has 0 unspecified atom stereocenters. The molecular weight excluding hydrogens is 632 g/mol. The summed E-state index contributed by atoms with van der Waals surface area (Å²) in [6, 6.07) is 12.3. The Bertz CT molecular complexity index is 2020. The van der Waals surface area contributed by atoms with Gasteiger partial charge in [-0.25, -0.2) is 4.79 Å².